The van der Waals surface area contributed by atoms with E-state index in [-0.39, 0.29) is 30.2 Å². The van der Waals surface area contributed by atoms with E-state index in [0.717, 1.165) is 26.4 Å². The van der Waals surface area contributed by atoms with Gasteiger partial charge in [-0.05, 0) is 65.6 Å². The molecule has 228 valence electrons. The van der Waals surface area contributed by atoms with E-state index < -0.39 is 34.4 Å². The van der Waals surface area contributed by atoms with E-state index in [4.69, 9.17) is 15.9 Å². The van der Waals surface area contributed by atoms with Gasteiger partial charge < -0.3 is 20.7 Å². The van der Waals surface area contributed by atoms with Gasteiger partial charge in [0, 0.05) is 25.2 Å². The lowest BCUT2D eigenvalue weighted by atomic mass is 10.1. The molecule has 4 N–H and O–H groups in total. The third-order valence-electron chi connectivity index (χ3n) is 7.76. The fraction of sp³-hybridized carbons (Fsp3) is 0.242. The Bertz CT molecular complexity index is 1820. The highest BCUT2D eigenvalue weighted by atomic mass is 32.2. The van der Waals surface area contributed by atoms with Gasteiger partial charge in [-0.15, -0.1) is 0 Å². The smallest absolute Gasteiger partial charge is 0.244 e. The van der Waals surface area contributed by atoms with Crippen LogP contribution in [0.25, 0.3) is 10.8 Å². The van der Waals surface area contributed by atoms with Gasteiger partial charge in [-0.25, -0.2) is 8.42 Å². The lowest BCUT2D eigenvalue weighted by Gasteiger charge is -2.27. The first-order valence-electron chi connectivity index (χ1n) is 14.2. The number of nitrogens with two attached hydrogens (primary N) is 1. The predicted molar refractivity (Wildman–Crippen MR) is 169 cm³/mol. The van der Waals surface area contributed by atoms with Crippen LogP contribution in [-0.4, -0.2) is 61.5 Å². The highest BCUT2D eigenvalue weighted by molar-refractivity contribution is 7.89. The quantitative estimate of drug-likeness (QED) is 0.174. The van der Waals surface area contributed by atoms with Crippen molar-refractivity contribution in [2.45, 2.75) is 37.4 Å². The van der Waals surface area contributed by atoms with Gasteiger partial charge in [-0.3, -0.25) is 15.0 Å². The minimum Gasteiger partial charge on any atom is -0.497 e. The summed E-state index contributed by atoms with van der Waals surface area (Å²) in [7, 11) is -2.75. The summed E-state index contributed by atoms with van der Waals surface area (Å²) >= 11 is 0. The molecule has 1 aliphatic heterocycles. The summed E-state index contributed by atoms with van der Waals surface area (Å²) < 4.78 is 34.7. The number of nitrogens with one attached hydrogen (secondary N) is 2. The number of hydrogen-bond acceptors (Lipinski definition) is 6. The van der Waals surface area contributed by atoms with Crippen LogP contribution in [-0.2, 0) is 32.7 Å². The second-order valence-electron chi connectivity index (χ2n) is 10.9. The van der Waals surface area contributed by atoms with Gasteiger partial charge >= 0.3 is 0 Å². The zero-order valence-corrected chi connectivity index (χ0v) is 25.4. The van der Waals surface area contributed by atoms with Crippen molar-refractivity contribution < 1.29 is 22.7 Å². The minimum absolute atomic E-state index is 0.0232. The average molecular weight is 614 g/mol. The van der Waals surface area contributed by atoms with Crippen molar-refractivity contribution in [3.63, 3.8) is 0 Å². The maximum Gasteiger partial charge on any atom is 0.244 e. The maximum atomic E-state index is 14.2. The molecule has 1 fully saturated rings. The van der Waals surface area contributed by atoms with Crippen LogP contribution in [0.3, 0.4) is 0 Å². The summed E-state index contributed by atoms with van der Waals surface area (Å²) in [5, 5.41) is 12.0. The predicted octanol–water partition coefficient (Wildman–Crippen LogP) is 3.55. The third kappa shape index (κ3) is 6.74. The Morgan fingerprint density at radius 2 is 1.77 bits per heavy atom. The van der Waals surface area contributed by atoms with Crippen LogP contribution >= 0.6 is 0 Å². The van der Waals surface area contributed by atoms with Crippen LogP contribution in [0, 0.1) is 12.3 Å². The third-order valence-corrected chi connectivity index (χ3v) is 9.61. The highest BCUT2D eigenvalue weighted by Gasteiger charge is 2.43. The Balaban J connectivity index is 1.43. The van der Waals surface area contributed by atoms with Gasteiger partial charge in [0.1, 0.15) is 17.6 Å². The number of sulfonamides is 1. The molecule has 1 atom stereocenters. The molecule has 0 unspecified atom stereocenters. The molecule has 0 bridgehead atoms. The van der Waals surface area contributed by atoms with E-state index in [1.54, 1.807) is 41.3 Å². The number of hydrogen-bond donors (Lipinski definition) is 3. The number of nitrogen functional groups attached to an aromatic ring is 1. The second-order valence-corrected chi connectivity index (χ2v) is 12.8. The summed E-state index contributed by atoms with van der Waals surface area (Å²) in [6.07, 6.45) is 0.219. The van der Waals surface area contributed by atoms with Gasteiger partial charge in [0.05, 0.1) is 18.6 Å². The number of ether oxygens (including phenoxy) is 1. The highest BCUT2D eigenvalue weighted by Crippen LogP contribution is 2.29. The van der Waals surface area contributed by atoms with Gasteiger partial charge in [-0.1, -0.05) is 60.2 Å². The molecule has 11 heteroatoms. The van der Waals surface area contributed by atoms with Crippen LogP contribution in [0.4, 0.5) is 0 Å². The first kappa shape index (κ1) is 30.7. The SMILES string of the molecule is COc1ccc2ccc(S(=O)(=O)N(CC(=O)NCc3ccc(C)cc3)[C@H]3CCN(Cc4cccc(C(=N)N)c4)C3=O)cc2c1. The molecule has 1 aliphatic rings. The Hall–Kier alpha value is -4.74. The first-order valence-corrected chi connectivity index (χ1v) is 15.6. The normalized spacial score (nSPS) is 15.1. The van der Waals surface area contributed by atoms with Gasteiger partial charge in [0.2, 0.25) is 21.8 Å². The molecule has 0 saturated carbocycles. The van der Waals surface area contributed by atoms with E-state index in [0.29, 0.717) is 23.2 Å². The topological polar surface area (TPSA) is 146 Å². The number of methoxy groups -OCH3 is 1. The number of benzene rings is 4. The average Bonchev–Trinajstić information content (AvgIpc) is 3.37. The summed E-state index contributed by atoms with van der Waals surface area (Å²) in [6.45, 7) is 2.20. The molecule has 4 aromatic rings. The summed E-state index contributed by atoms with van der Waals surface area (Å²) in [4.78, 5) is 28.5. The number of amidine groups is 1. The molecule has 0 radical (unpaired) electrons. The maximum absolute atomic E-state index is 14.2. The van der Waals surface area contributed by atoms with Crippen molar-refractivity contribution in [3.05, 3.63) is 107 Å². The van der Waals surface area contributed by atoms with E-state index in [9.17, 15) is 18.0 Å². The number of amides is 2. The molecule has 44 heavy (non-hydrogen) atoms. The van der Waals surface area contributed by atoms with E-state index in [2.05, 4.69) is 5.32 Å². The zero-order valence-electron chi connectivity index (χ0n) is 24.6. The molecule has 1 saturated heterocycles. The molecule has 5 rings (SSSR count). The summed E-state index contributed by atoms with van der Waals surface area (Å²) in [5.74, 6) is -0.415. The van der Waals surface area contributed by atoms with Gasteiger partial charge in [0.15, 0.2) is 0 Å². The largest absolute Gasteiger partial charge is 0.497 e. The lowest BCUT2D eigenvalue weighted by Crippen LogP contribution is -2.49. The number of aryl methyl sites for hydroxylation is 1. The molecule has 1 heterocycles. The Morgan fingerprint density at radius 1 is 1.02 bits per heavy atom. The first-order chi connectivity index (χ1) is 21.0. The van der Waals surface area contributed by atoms with Gasteiger partial charge in [-0.2, -0.15) is 4.31 Å². The van der Waals surface area contributed by atoms with E-state index in [1.807, 2.05) is 43.3 Å². The fourth-order valence-electron chi connectivity index (χ4n) is 5.30. The zero-order chi connectivity index (χ0) is 31.4. The van der Waals surface area contributed by atoms with Crippen molar-refractivity contribution >= 4 is 38.4 Å². The minimum atomic E-state index is -4.29. The van der Waals surface area contributed by atoms with Crippen molar-refractivity contribution in [3.8, 4) is 5.75 Å². The molecule has 2 amide bonds. The lowest BCUT2D eigenvalue weighted by molar-refractivity contribution is -0.131. The molecule has 4 aromatic carbocycles. The molecule has 0 aromatic heterocycles. The Kier molecular flexibility index (Phi) is 8.98. The molecule has 10 nitrogen and oxygen atoms in total. The fourth-order valence-corrected chi connectivity index (χ4v) is 6.90. The summed E-state index contributed by atoms with van der Waals surface area (Å²) in [6, 6.07) is 23.7. The molecule has 0 spiro atoms. The van der Waals surface area contributed by atoms with Crippen LogP contribution in [0.5, 0.6) is 5.75 Å². The van der Waals surface area contributed by atoms with Crippen molar-refractivity contribution in [2.24, 2.45) is 5.73 Å². The van der Waals surface area contributed by atoms with Crippen LogP contribution in [0.2, 0.25) is 0 Å². The summed E-state index contributed by atoms with van der Waals surface area (Å²) in [5.41, 5.74) is 8.89. The number of rotatable bonds is 11. The van der Waals surface area contributed by atoms with Crippen LogP contribution in [0.15, 0.2) is 89.8 Å². The number of likely N-dealkylation sites (tertiary alicyclic amines) is 1. The Labute approximate surface area is 257 Å². The van der Waals surface area contributed by atoms with Crippen molar-refractivity contribution in [2.75, 3.05) is 20.2 Å². The van der Waals surface area contributed by atoms with E-state index >= 15 is 0 Å². The van der Waals surface area contributed by atoms with Crippen LogP contribution in [0.1, 0.15) is 28.7 Å². The van der Waals surface area contributed by atoms with Crippen LogP contribution < -0.4 is 15.8 Å². The van der Waals surface area contributed by atoms with Gasteiger partial charge in [0.25, 0.3) is 0 Å². The standard InChI is InChI=1S/C33H35N5O5S/c1-22-6-8-23(9-7-22)19-36-31(39)21-38(44(41,42)29-13-11-25-10-12-28(43-2)17-27(25)18-29)30-14-15-37(33(30)40)20-24-4-3-5-26(16-24)32(34)35/h3-13,16-18,30H,14-15,19-21H2,1-2H3,(H3,34,35)(H,36,39)/t30-/m0/s1. The number of carbonyl (C=O) groups is 2. The molecular weight excluding hydrogens is 578 g/mol. The van der Waals surface area contributed by atoms with E-state index in [1.165, 1.54) is 19.2 Å². The number of carbonyl (C=O) groups excluding carboxylic acids is 2. The Morgan fingerprint density at radius 3 is 2.50 bits per heavy atom. The molecular formula is C33H35N5O5S. The molecule has 0 aliphatic carbocycles. The van der Waals surface area contributed by atoms with Crippen molar-refractivity contribution in [1.82, 2.24) is 14.5 Å². The monoisotopic (exact) mass is 613 g/mol. The second kappa shape index (κ2) is 12.9. The number of nitrogens with zero attached hydrogens (tertiary/aromatic N) is 2. The number of fused-ring (bicyclic) bond motifs is 1. The van der Waals surface area contributed by atoms with Crippen molar-refractivity contribution in [1.29, 1.82) is 5.41 Å².